The highest BCUT2D eigenvalue weighted by Crippen LogP contribution is 2.29. The van der Waals surface area contributed by atoms with Crippen molar-refractivity contribution in [2.75, 3.05) is 13.1 Å². The minimum absolute atomic E-state index is 0.0490. The second-order valence-corrected chi connectivity index (χ2v) is 5.38. The first kappa shape index (κ1) is 15.6. The molecule has 0 aromatic heterocycles. The Morgan fingerprint density at radius 2 is 2.00 bits per heavy atom. The first-order valence-electron chi connectivity index (χ1n) is 6.97. The normalized spacial score (nSPS) is 18.8. The standard InChI is InChI=1S/C16H18F3NO/c1-2-15(21)20-10-9-13(11-20)4-3-12-5-7-14(8-6-12)16(17,18)19/h2,5-8,13H,1,3-4,9-11H2. The molecule has 1 aromatic carbocycles. The van der Waals surface area contributed by atoms with E-state index in [-0.39, 0.29) is 5.91 Å². The molecule has 1 atom stereocenters. The van der Waals surface area contributed by atoms with Gasteiger partial charge in [-0.3, -0.25) is 4.79 Å². The van der Waals surface area contributed by atoms with E-state index in [2.05, 4.69) is 6.58 Å². The molecule has 21 heavy (non-hydrogen) atoms. The molecule has 1 heterocycles. The van der Waals surface area contributed by atoms with E-state index in [9.17, 15) is 18.0 Å². The van der Waals surface area contributed by atoms with Crippen molar-refractivity contribution >= 4 is 5.91 Å². The molecule has 0 bridgehead atoms. The molecular formula is C16H18F3NO. The molecule has 0 radical (unpaired) electrons. The number of halogens is 3. The van der Waals surface area contributed by atoms with Crippen LogP contribution in [0.3, 0.4) is 0 Å². The van der Waals surface area contributed by atoms with E-state index in [0.29, 0.717) is 12.5 Å². The van der Waals surface area contributed by atoms with Gasteiger partial charge in [-0.05, 0) is 49.0 Å². The highest BCUT2D eigenvalue weighted by Gasteiger charge is 2.30. The number of carbonyl (C=O) groups is 1. The zero-order valence-electron chi connectivity index (χ0n) is 11.7. The number of likely N-dealkylation sites (tertiary alicyclic amines) is 1. The van der Waals surface area contributed by atoms with Crippen LogP contribution in [-0.2, 0) is 17.4 Å². The van der Waals surface area contributed by atoms with Crippen LogP contribution in [-0.4, -0.2) is 23.9 Å². The molecule has 1 saturated heterocycles. The maximum Gasteiger partial charge on any atom is 0.416 e. The van der Waals surface area contributed by atoms with Gasteiger partial charge in [0.2, 0.25) is 5.91 Å². The lowest BCUT2D eigenvalue weighted by Crippen LogP contribution is -2.26. The smallest absolute Gasteiger partial charge is 0.339 e. The van der Waals surface area contributed by atoms with Crippen molar-refractivity contribution in [1.29, 1.82) is 0 Å². The number of hydrogen-bond donors (Lipinski definition) is 0. The van der Waals surface area contributed by atoms with Crippen molar-refractivity contribution in [2.45, 2.75) is 25.4 Å². The molecule has 1 aliphatic rings. The Morgan fingerprint density at radius 1 is 1.33 bits per heavy atom. The van der Waals surface area contributed by atoms with Crippen LogP contribution in [0, 0.1) is 5.92 Å². The van der Waals surface area contributed by atoms with E-state index in [1.807, 2.05) is 0 Å². The molecule has 1 aliphatic heterocycles. The minimum Gasteiger partial charge on any atom is -0.339 e. The van der Waals surface area contributed by atoms with E-state index in [0.717, 1.165) is 43.5 Å². The second kappa shape index (κ2) is 6.33. The maximum absolute atomic E-state index is 12.5. The first-order chi connectivity index (χ1) is 9.90. The molecule has 2 rings (SSSR count). The molecule has 0 spiro atoms. The van der Waals surface area contributed by atoms with E-state index < -0.39 is 11.7 Å². The third-order valence-corrected chi connectivity index (χ3v) is 3.89. The summed E-state index contributed by atoms with van der Waals surface area (Å²) in [5.41, 5.74) is 0.284. The predicted molar refractivity (Wildman–Crippen MR) is 74.6 cm³/mol. The van der Waals surface area contributed by atoms with Crippen LogP contribution in [0.5, 0.6) is 0 Å². The van der Waals surface area contributed by atoms with Crippen LogP contribution in [0.2, 0.25) is 0 Å². The van der Waals surface area contributed by atoms with Crippen LogP contribution in [0.25, 0.3) is 0 Å². The molecule has 1 unspecified atom stereocenters. The average Bonchev–Trinajstić information content (AvgIpc) is 2.92. The second-order valence-electron chi connectivity index (χ2n) is 5.38. The summed E-state index contributed by atoms with van der Waals surface area (Å²) in [4.78, 5) is 13.2. The van der Waals surface area contributed by atoms with E-state index >= 15 is 0 Å². The fraction of sp³-hybridized carbons (Fsp3) is 0.438. The summed E-state index contributed by atoms with van der Waals surface area (Å²) in [7, 11) is 0. The van der Waals surface area contributed by atoms with Gasteiger partial charge in [0.1, 0.15) is 0 Å². The van der Waals surface area contributed by atoms with Gasteiger partial charge in [-0.15, -0.1) is 0 Å². The fourth-order valence-corrected chi connectivity index (χ4v) is 2.63. The number of amides is 1. The van der Waals surface area contributed by atoms with Crippen molar-refractivity contribution < 1.29 is 18.0 Å². The van der Waals surface area contributed by atoms with Crippen molar-refractivity contribution in [3.63, 3.8) is 0 Å². The summed E-state index contributed by atoms with van der Waals surface area (Å²) in [6.07, 6.45) is -0.404. The summed E-state index contributed by atoms with van der Waals surface area (Å²) in [5.74, 6) is 0.364. The Balaban J connectivity index is 1.84. The predicted octanol–water partition coefficient (Wildman–Crippen LogP) is 3.67. The van der Waals surface area contributed by atoms with Crippen molar-refractivity contribution in [2.24, 2.45) is 5.92 Å². The first-order valence-corrected chi connectivity index (χ1v) is 6.97. The molecular weight excluding hydrogens is 279 g/mol. The molecule has 114 valence electrons. The Labute approximate surface area is 122 Å². The van der Waals surface area contributed by atoms with Gasteiger partial charge >= 0.3 is 6.18 Å². The molecule has 0 saturated carbocycles. The Kier molecular flexibility index (Phi) is 4.70. The minimum atomic E-state index is -4.28. The number of hydrogen-bond acceptors (Lipinski definition) is 1. The van der Waals surface area contributed by atoms with E-state index in [4.69, 9.17) is 0 Å². The molecule has 0 N–H and O–H groups in total. The molecule has 1 fully saturated rings. The lowest BCUT2D eigenvalue weighted by molar-refractivity contribution is -0.137. The fourth-order valence-electron chi connectivity index (χ4n) is 2.63. The number of rotatable bonds is 4. The molecule has 1 amide bonds. The van der Waals surface area contributed by atoms with Gasteiger partial charge in [0, 0.05) is 13.1 Å². The lowest BCUT2D eigenvalue weighted by Gasteiger charge is -2.14. The van der Waals surface area contributed by atoms with Gasteiger partial charge in [0.15, 0.2) is 0 Å². The Hall–Kier alpha value is -1.78. The van der Waals surface area contributed by atoms with E-state index in [1.54, 1.807) is 4.90 Å². The SMILES string of the molecule is C=CC(=O)N1CCC(CCc2ccc(C(F)(F)F)cc2)C1. The number of benzene rings is 1. The van der Waals surface area contributed by atoms with Gasteiger partial charge in [-0.25, -0.2) is 0 Å². The largest absolute Gasteiger partial charge is 0.416 e. The number of nitrogens with zero attached hydrogens (tertiary/aromatic N) is 1. The summed E-state index contributed by atoms with van der Waals surface area (Å²) in [6, 6.07) is 5.31. The summed E-state index contributed by atoms with van der Waals surface area (Å²) in [5, 5.41) is 0. The lowest BCUT2D eigenvalue weighted by atomic mass is 9.98. The van der Waals surface area contributed by atoms with Gasteiger partial charge in [-0.2, -0.15) is 13.2 Å². The maximum atomic E-state index is 12.5. The highest BCUT2D eigenvalue weighted by atomic mass is 19.4. The monoisotopic (exact) mass is 297 g/mol. The topological polar surface area (TPSA) is 20.3 Å². The van der Waals surface area contributed by atoms with Gasteiger partial charge in [-0.1, -0.05) is 18.7 Å². The quantitative estimate of drug-likeness (QED) is 0.776. The molecule has 1 aromatic rings. The van der Waals surface area contributed by atoms with Crippen LogP contribution in [0.15, 0.2) is 36.9 Å². The van der Waals surface area contributed by atoms with Crippen LogP contribution >= 0.6 is 0 Å². The van der Waals surface area contributed by atoms with Crippen molar-refractivity contribution in [1.82, 2.24) is 4.90 Å². The summed E-state index contributed by atoms with van der Waals surface area (Å²) in [6.45, 7) is 4.92. The molecule has 2 nitrogen and oxygen atoms in total. The summed E-state index contributed by atoms with van der Waals surface area (Å²) < 4.78 is 37.4. The number of carbonyl (C=O) groups excluding carboxylic acids is 1. The zero-order valence-corrected chi connectivity index (χ0v) is 11.7. The number of aryl methyl sites for hydroxylation is 1. The highest BCUT2D eigenvalue weighted by molar-refractivity contribution is 5.87. The average molecular weight is 297 g/mol. The molecule has 0 aliphatic carbocycles. The third-order valence-electron chi connectivity index (χ3n) is 3.89. The van der Waals surface area contributed by atoms with Crippen molar-refractivity contribution in [3.8, 4) is 0 Å². The molecule has 5 heteroatoms. The third kappa shape index (κ3) is 4.09. The number of alkyl halides is 3. The van der Waals surface area contributed by atoms with Crippen LogP contribution in [0.4, 0.5) is 13.2 Å². The Bertz CT molecular complexity index is 507. The van der Waals surface area contributed by atoms with Crippen LogP contribution in [0.1, 0.15) is 24.0 Å². The summed E-state index contributed by atoms with van der Waals surface area (Å²) >= 11 is 0. The van der Waals surface area contributed by atoms with Gasteiger partial charge in [0.25, 0.3) is 0 Å². The van der Waals surface area contributed by atoms with Gasteiger partial charge < -0.3 is 4.90 Å². The zero-order chi connectivity index (χ0) is 15.5. The van der Waals surface area contributed by atoms with Crippen LogP contribution < -0.4 is 0 Å². The van der Waals surface area contributed by atoms with Gasteiger partial charge in [0.05, 0.1) is 5.56 Å². The Morgan fingerprint density at radius 3 is 2.57 bits per heavy atom. The van der Waals surface area contributed by atoms with E-state index in [1.165, 1.54) is 18.2 Å². The van der Waals surface area contributed by atoms with Crippen molar-refractivity contribution in [3.05, 3.63) is 48.0 Å².